The highest BCUT2D eigenvalue weighted by Gasteiger charge is 2.32. The first kappa shape index (κ1) is 17.2. The predicted molar refractivity (Wildman–Crippen MR) is 87.7 cm³/mol. The summed E-state index contributed by atoms with van der Waals surface area (Å²) in [6, 6.07) is 0.657. The Bertz CT molecular complexity index is 301. The predicted octanol–water partition coefficient (Wildman–Crippen LogP) is 0.0587. The molecule has 5 heteroatoms. The van der Waals surface area contributed by atoms with Crippen molar-refractivity contribution in [2.24, 2.45) is 0 Å². The number of hydrogen-bond donors (Lipinski definition) is 2. The van der Waals surface area contributed by atoms with Crippen LogP contribution in [0.15, 0.2) is 0 Å². The zero-order chi connectivity index (χ0) is 15.3. The maximum atomic E-state index is 9.66. The van der Waals surface area contributed by atoms with Gasteiger partial charge in [0.2, 0.25) is 0 Å². The number of likely N-dealkylation sites (N-methyl/N-ethyl adjacent to an activating group) is 1. The van der Waals surface area contributed by atoms with Crippen LogP contribution in [0.25, 0.3) is 0 Å². The highest BCUT2D eigenvalue weighted by atomic mass is 16.3. The van der Waals surface area contributed by atoms with Crippen LogP contribution in [0.3, 0.4) is 0 Å². The lowest BCUT2D eigenvalue weighted by atomic mass is 9.98. The highest BCUT2D eigenvalue weighted by Crippen LogP contribution is 2.24. The van der Waals surface area contributed by atoms with Gasteiger partial charge in [0.25, 0.3) is 0 Å². The van der Waals surface area contributed by atoms with Gasteiger partial charge < -0.3 is 20.2 Å². The minimum atomic E-state index is -0.0940. The Balaban J connectivity index is 1.63. The normalized spacial score (nSPS) is 24.4. The van der Waals surface area contributed by atoms with Crippen LogP contribution < -0.4 is 5.32 Å². The average Bonchev–Trinajstić information content (AvgIpc) is 3.28. The van der Waals surface area contributed by atoms with E-state index in [4.69, 9.17) is 0 Å². The molecule has 0 aromatic carbocycles. The van der Waals surface area contributed by atoms with E-state index in [1.54, 1.807) is 0 Å². The van der Waals surface area contributed by atoms with Gasteiger partial charge in [0, 0.05) is 57.4 Å². The van der Waals surface area contributed by atoms with E-state index in [1.807, 2.05) is 0 Å². The Hall–Kier alpha value is -0.200. The summed E-state index contributed by atoms with van der Waals surface area (Å²) in [7, 11) is 4.28. The summed E-state index contributed by atoms with van der Waals surface area (Å²) < 4.78 is 0. The molecule has 1 aliphatic heterocycles. The van der Waals surface area contributed by atoms with Crippen molar-refractivity contribution < 1.29 is 5.11 Å². The number of nitrogens with one attached hydrogen (secondary N) is 1. The number of piperazine rings is 1. The molecule has 0 aromatic rings. The third-order valence-electron chi connectivity index (χ3n) is 4.79. The van der Waals surface area contributed by atoms with Crippen molar-refractivity contribution in [1.29, 1.82) is 0 Å². The summed E-state index contributed by atoms with van der Waals surface area (Å²) in [6.45, 7) is 10.5. The Kier molecular flexibility index (Phi) is 6.44. The lowest BCUT2D eigenvalue weighted by Crippen LogP contribution is -2.52. The molecule has 1 aliphatic carbocycles. The van der Waals surface area contributed by atoms with Crippen molar-refractivity contribution in [1.82, 2.24) is 20.0 Å². The number of rotatable bonds is 9. The second-order valence-corrected chi connectivity index (χ2v) is 7.37. The van der Waals surface area contributed by atoms with E-state index in [1.165, 1.54) is 45.6 Å². The van der Waals surface area contributed by atoms with Gasteiger partial charge in [-0.1, -0.05) is 0 Å². The van der Waals surface area contributed by atoms with Gasteiger partial charge in [0.15, 0.2) is 0 Å². The van der Waals surface area contributed by atoms with Gasteiger partial charge in [-0.25, -0.2) is 0 Å². The van der Waals surface area contributed by atoms with Crippen LogP contribution in [0.2, 0.25) is 0 Å². The van der Waals surface area contributed by atoms with Crippen molar-refractivity contribution in [2.75, 3.05) is 66.5 Å². The molecule has 0 aromatic heterocycles. The van der Waals surface area contributed by atoms with E-state index < -0.39 is 0 Å². The third-order valence-corrected chi connectivity index (χ3v) is 4.79. The van der Waals surface area contributed by atoms with Crippen LogP contribution in [0.4, 0.5) is 0 Å². The smallest absolute Gasteiger partial charge is 0.0611 e. The molecule has 1 saturated carbocycles. The summed E-state index contributed by atoms with van der Waals surface area (Å²) in [5.41, 5.74) is -0.0940. The molecule has 1 heterocycles. The molecular formula is C16H34N4O. The molecule has 1 unspecified atom stereocenters. The molecule has 0 radical (unpaired) electrons. The van der Waals surface area contributed by atoms with Gasteiger partial charge >= 0.3 is 0 Å². The summed E-state index contributed by atoms with van der Waals surface area (Å²) >= 11 is 0. The van der Waals surface area contributed by atoms with E-state index in [0.717, 1.165) is 19.5 Å². The van der Waals surface area contributed by atoms with E-state index >= 15 is 0 Å². The van der Waals surface area contributed by atoms with Gasteiger partial charge in [-0.2, -0.15) is 0 Å². The fraction of sp³-hybridized carbons (Fsp3) is 1.00. The minimum absolute atomic E-state index is 0.0940. The molecule has 2 rings (SSSR count). The van der Waals surface area contributed by atoms with E-state index in [9.17, 15) is 5.11 Å². The summed E-state index contributed by atoms with van der Waals surface area (Å²) in [4.78, 5) is 7.36. The van der Waals surface area contributed by atoms with Gasteiger partial charge in [-0.3, -0.25) is 4.90 Å². The molecule has 1 atom stereocenters. The Morgan fingerprint density at radius 1 is 1.10 bits per heavy atom. The standard InChI is InChI=1S/C16H34N4O/c1-16(14-21,17-15-4-5-15)6-7-19-10-12-20(13-11-19)9-8-18(2)3/h15,17,21H,4-14H2,1-3H3. The zero-order valence-corrected chi connectivity index (χ0v) is 14.1. The highest BCUT2D eigenvalue weighted by molar-refractivity contribution is 4.93. The van der Waals surface area contributed by atoms with Crippen LogP contribution in [-0.2, 0) is 0 Å². The average molecular weight is 298 g/mol. The molecule has 21 heavy (non-hydrogen) atoms. The molecule has 2 fully saturated rings. The molecule has 2 aliphatic rings. The molecule has 2 N–H and O–H groups in total. The topological polar surface area (TPSA) is 42.0 Å². The van der Waals surface area contributed by atoms with Crippen molar-refractivity contribution in [2.45, 2.75) is 37.8 Å². The van der Waals surface area contributed by atoms with E-state index in [0.29, 0.717) is 6.04 Å². The summed E-state index contributed by atoms with van der Waals surface area (Å²) in [6.07, 6.45) is 3.60. The Morgan fingerprint density at radius 3 is 2.14 bits per heavy atom. The van der Waals surface area contributed by atoms with Crippen LogP contribution in [0, 0.1) is 0 Å². The Morgan fingerprint density at radius 2 is 1.67 bits per heavy atom. The quantitative estimate of drug-likeness (QED) is 0.630. The molecule has 0 amide bonds. The van der Waals surface area contributed by atoms with Crippen LogP contribution >= 0.6 is 0 Å². The van der Waals surface area contributed by atoms with Gasteiger partial charge in [0.05, 0.1) is 6.61 Å². The van der Waals surface area contributed by atoms with Crippen molar-refractivity contribution in [3.05, 3.63) is 0 Å². The first-order valence-electron chi connectivity index (χ1n) is 8.49. The second-order valence-electron chi connectivity index (χ2n) is 7.37. The largest absolute Gasteiger partial charge is 0.394 e. The number of aliphatic hydroxyl groups is 1. The molecule has 1 saturated heterocycles. The number of aliphatic hydroxyl groups excluding tert-OH is 1. The van der Waals surface area contributed by atoms with Crippen LogP contribution in [0.1, 0.15) is 26.2 Å². The summed E-state index contributed by atoms with van der Waals surface area (Å²) in [5, 5.41) is 13.3. The lowest BCUT2D eigenvalue weighted by Gasteiger charge is -2.37. The number of hydrogen-bond acceptors (Lipinski definition) is 5. The fourth-order valence-electron chi connectivity index (χ4n) is 2.90. The molecule has 124 valence electrons. The molecular weight excluding hydrogens is 264 g/mol. The first-order chi connectivity index (χ1) is 10.0. The maximum absolute atomic E-state index is 9.66. The first-order valence-corrected chi connectivity index (χ1v) is 8.49. The van der Waals surface area contributed by atoms with Crippen LogP contribution in [-0.4, -0.2) is 97.9 Å². The lowest BCUT2D eigenvalue weighted by molar-refractivity contribution is 0.102. The molecule has 5 nitrogen and oxygen atoms in total. The van der Waals surface area contributed by atoms with E-state index in [-0.39, 0.29) is 12.1 Å². The van der Waals surface area contributed by atoms with Gasteiger partial charge in [-0.05, 0) is 40.3 Å². The molecule has 0 spiro atoms. The third kappa shape index (κ3) is 6.20. The monoisotopic (exact) mass is 298 g/mol. The number of nitrogens with zero attached hydrogens (tertiary/aromatic N) is 3. The van der Waals surface area contributed by atoms with Crippen molar-refractivity contribution in [3.8, 4) is 0 Å². The Labute approximate surface area is 130 Å². The van der Waals surface area contributed by atoms with Gasteiger partial charge in [-0.15, -0.1) is 0 Å². The van der Waals surface area contributed by atoms with Crippen molar-refractivity contribution >= 4 is 0 Å². The summed E-state index contributed by atoms with van der Waals surface area (Å²) in [5.74, 6) is 0. The maximum Gasteiger partial charge on any atom is 0.0611 e. The minimum Gasteiger partial charge on any atom is -0.394 e. The molecule has 0 bridgehead atoms. The van der Waals surface area contributed by atoms with Crippen molar-refractivity contribution in [3.63, 3.8) is 0 Å². The SMILES string of the molecule is CN(C)CCN1CCN(CCC(C)(CO)NC2CC2)CC1. The van der Waals surface area contributed by atoms with E-state index in [2.05, 4.69) is 41.0 Å². The van der Waals surface area contributed by atoms with Crippen LogP contribution in [0.5, 0.6) is 0 Å². The fourth-order valence-corrected chi connectivity index (χ4v) is 2.90. The second kappa shape index (κ2) is 7.88. The zero-order valence-electron chi connectivity index (χ0n) is 14.1. The van der Waals surface area contributed by atoms with Gasteiger partial charge in [0.1, 0.15) is 0 Å².